The van der Waals surface area contributed by atoms with E-state index in [0.29, 0.717) is 16.8 Å². The van der Waals surface area contributed by atoms with Crippen LogP contribution in [0.1, 0.15) is 42.3 Å². The monoisotopic (exact) mass is 509 g/mol. The molecule has 0 radical (unpaired) electrons. The number of esters is 1. The fourth-order valence-corrected chi connectivity index (χ4v) is 3.17. The van der Waals surface area contributed by atoms with Crippen molar-refractivity contribution in [1.82, 2.24) is 10.6 Å². The summed E-state index contributed by atoms with van der Waals surface area (Å²) < 4.78 is 32.2. The fraction of sp³-hybridized carbons (Fsp3) is 0.259. The topological polar surface area (TPSA) is 114 Å². The van der Waals surface area contributed by atoms with Crippen molar-refractivity contribution in [2.24, 2.45) is 0 Å². The Morgan fingerprint density at radius 2 is 1.38 bits per heavy atom. The minimum absolute atomic E-state index is 0.0734. The van der Waals surface area contributed by atoms with Crippen molar-refractivity contribution in [3.05, 3.63) is 65.2 Å². The third-order valence-corrected chi connectivity index (χ3v) is 5.04. The second kappa shape index (κ2) is 12.8. The van der Waals surface area contributed by atoms with Gasteiger partial charge in [-0.2, -0.15) is 0 Å². The van der Waals surface area contributed by atoms with Gasteiger partial charge in [-0.15, -0.1) is 0 Å². The summed E-state index contributed by atoms with van der Waals surface area (Å²) in [5.74, 6) is 8.12. The fourth-order valence-electron chi connectivity index (χ4n) is 3.17. The summed E-state index contributed by atoms with van der Waals surface area (Å²) in [6.45, 7) is 3.38. The zero-order valence-electron chi connectivity index (χ0n) is 20.6. The predicted molar refractivity (Wildman–Crippen MR) is 132 cm³/mol. The molecule has 192 valence electrons. The van der Waals surface area contributed by atoms with E-state index in [1.807, 2.05) is 5.32 Å². The van der Waals surface area contributed by atoms with Crippen LogP contribution in [0, 0.1) is 23.7 Å². The first-order chi connectivity index (χ1) is 17.5. The highest BCUT2D eigenvalue weighted by Crippen LogP contribution is 2.22. The first kappa shape index (κ1) is 28.5. The molecule has 0 bridgehead atoms. The molecule has 0 aromatic heterocycles. The third kappa shape index (κ3) is 8.18. The molecule has 0 aliphatic heterocycles. The van der Waals surface area contributed by atoms with Crippen molar-refractivity contribution in [2.45, 2.75) is 38.8 Å². The first-order valence-electron chi connectivity index (χ1n) is 10.9. The lowest BCUT2D eigenvalue weighted by atomic mass is 9.91. The molecule has 0 unspecified atom stereocenters. The van der Waals surface area contributed by atoms with Crippen LogP contribution in [-0.4, -0.2) is 48.8 Å². The second-order valence-electron chi connectivity index (χ2n) is 8.03. The quantitative estimate of drug-likeness (QED) is 0.392. The highest BCUT2D eigenvalue weighted by atomic mass is 19.3. The lowest BCUT2D eigenvalue weighted by molar-refractivity contribution is -0.148. The number of alkyl halides is 2. The number of nitrogens with one attached hydrogen (secondary N) is 3. The van der Waals surface area contributed by atoms with E-state index in [4.69, 9.17) is 0 Å². The largest absolute Gasteiger partial charge is 0.467 e. The van der Waals surface area contributed by atoms with Crippen molar-refractivity contribution in [2.75, 3.05) is 12.4 Å². The molecule has 0 aliphatic rings. The summed E-state index contributed by atoms with van der Waals surface area (Å²) in [5, 5.41) is 6.92. The van der Waals surface area contributed by atoms with Gasteiger partial charge in [0.25, 0.3) is 12.3 Å². The molecule has 2 aromatic carbocycles. The van der Waals surface area contributed by atoms with Crippen LogP contribution in [0.5, 0.6) is 0 Å². The maximum Gasteiger partial charge on any atom is 0.331 e. The highest BCUT2D eigenvalue weighted by Gasteiger charge is 2.49. The minimum atomic E-state index is -3.19. The Bertz CT molecular complexity index is 1290. The molecule has 0 aliphatic carbocycles. The van der Waals surface area contributed by atoms with Crippen molar-refractivity contribution >= 4 is 29.4 Å². The Morgan fingerprint density at radius 1 is 0.865 bits per heavy atom. The van der Waals surface area contributed by atoms with Gasteiger partial charge in [0, 0.05) is 36.2 Å². The van der Waals surface area contributed by atoms with E-state index in [0.717, 1.165) is 21.0 Å². The molecule has 2 rings (SSSR count). The number of methoxy groups -OCH3 is 1. The Labute approximate surface area is 213 Å². The first-order valence-corrected chi connectivity index (χ1v) is 10.9. The van der Waals surface area contributed by atoms with Gasteiger partial charge in [0.15, 0.2) is 6.04 Å². The molecule has 10 heteroatoms. The van der Waals surface area contributed by atoms with Crippen LogP contribution in [0.15, 0.2) is 48.5 Å². The van der Waals surface area contributed by atoms with E-state index < -0.39 is 35.8 Å². The lowest BCUT2D eigenvalue weighted by Crippen LogP contribution is -2.67. The van der Waals surface area contributed by atoms with E-state index in [1.54, 1.807) is 24.3 Å². The molecule has 2 atom stereocenters. The molecule has 0 heterocycles. The maximum atomic E-state index is 13.8. The van der Waals surface area contributed by atoms with Crippen LogP contribution in [0.2, 0.25) is 0 Å². The number of rotatable bonds is 7. The zero-order chi connectivity index (χ0) is 27.6. The van der Waals surface area contributed by atoms with E-state index in [2.05, 4.69) is 39.1 Å². The van der Waals surface area contributed by atoms with Crippen LogP contribution in [-0.2, 0) is 19.1 Å². The number of ether oxygens (including phenoxy) is 1. The van der Waals surface area contributed by atoms with Gasteiger partial charge < -0.3 is 20.7 Å². The normalized spacial score (nSPS) is 12.4. The Morgan fingerprint density at radius 3 is 1.81 bits per heavy atom. The molecule has 0 fully saturated rings. The smallest absolute Gasteiger partial charge is 0.331 e. The molecule has 0 saturated carbocycles. The molecule has 3 N–H and O–H groups in total. The van der Waals surface area contributed by atoms with Crippen LogP contribution < -0.4 is 16.0 Å². The number of halogens is 2. The van der Waals surface area contributed by atoms with Gasteiger partial charge in [0.05, 0.1) is 7.11 Å². The number of carbonyl (C=O) groups excluding carboxylic acids is 4. The van der Waals surface area contributed by atoms with Crippen molar-refractivity contribution in [3.63, 3.8) is 0 Å². The third-order valence-electron chi connectivity index (χ3n) is 5.04. The lowest BCUT2D eigenvalue weighted by Gasteiger charge is -2.36. The average Bonchev–Trinajstić information content (AvgIpc) is 2.85. The van der Waals surface area contributed by atoms with E-state index in [-0.39, 0.29) is 11.5 Å². The number of amides is 3. The summed E-state index contributed by atoms with van der Waals surface area (Å²) in [4.78, 5) is 47.4. The van der Waals surface area contributed by atoms with E-state index in [9.17, 15) is 28.0 Å². The van der Waals surface area contributed by atoms with Crippen LogP contribution in [0.25, 0.3) is 0 Å². The number of anilines is 1. The molecule has 2 aromatic rings. The van der Waals surface area contributed by atoms with Gasteiger partial charge in [-0.25, -0.2) is 13.6 Å². The number of benzene rings is 2. The van der Waals surface area contributed by atoms with Gasteiger partial charge in [0.1, 0.15) is 5.54 Å². The molecule has 3 amide bonds. The zero-order valence-corrected chi connectivity index (χ0v) is 20.6. The molecular weight excluding hydrogens is 484 g/mol. The minimum Gasteiger partial charge on any atom is -0.467 e. The summed E-state index contributed by atoms with van der Waals surface area (Å²) in [6, 6.07) is 10.9. The predicted octanol–water partition coefficient (Wildman–Crippen LogP) is 2.48. The van der Waals surface area contributed by atoms with Crippen LogP contribution >= 0.6 is 0 Å². The number of carbonyl (C=O) groups is 4. The maximum absolute atomic E-state index is 13.8. The van der Waals surface area contributed by atoms with Gasteiger partial charge in [0.2, 0.25) is 11.8 Å². The van der Waals surface area contributed by atoms with Gasteiger partial charge in [-0.3, -0.25) is 14.4 Å². The molecule has 0 saturated heterocycles. The molecular formula is C27H25F2N3O5. The van der Waals surface area contributed by atoms with Crippen molar-refractivity contribution in [3.8, 4) is 23.7 Å². The van der Waals surface area contributed by atoms with Crippen LogP contribution in [0.3, 0.4) is 0 Å². The summed E-state index contributed by atoms with van der Waals surface area (Å²) in [6.07, 6.45) is -3.19. The Balaban J connectivity index is 2.13. The summed E-state index contributed by atoms with van der Waals surface area (Å²) in [7, 11) is 0.984. The van der Waals surface area contributed by atoms with Crippen molar-refractivity contribution in [1.29, 1.82) is 0 Å². The van der Waals surface area contributed by atoms with E-state index in [1.165, 1.54) is 31.2 Å². The summed E-state index contributed by atoms with van der Waals surface area (Å²) >= 11 is 0. The van der Waals surface area contributed by atoms with Gasteiger partial charge >= 0.3 is 5.97 Å². The SMILES string of the molecule is COC(=O)[C@@H](NC(=O)c1ccc(C#CC#Cc2ccc(NC(C)=O)cc2)cc1)[C@](C)(NC(C)=O)C(F)F. The summed E-state index contributed by atoms with van der Waals surface area (Å²) in [5.41, 5.74) is -0.440. The average molecular weight is 510 g/mol. The van der Waals surface area contributed by atoms with Crippen LogP contribution in [0.4, 0.5) is 14.5 Å². The number of hydrogen-bond acceptors (Lipinski definition) is 5. The van der Waals surface area contributed by atoms with Crippen molar-refractivity contribution < 1.29 is 32.7 Å². The standard InChI is InChI=1S/C27H25F2N3O5/c1-17(33)30-22-15-11-20(12-16-22)8-6-5-7-19-9-13-21(14-10-19)24(35)31-23(25(36)37-4)27(3,26(28)29)32-18(2)34/h9-16,23,26H,1-4H3,(H,30,33)(H,31,35)(H,32,34)/t23-,27+/m1/s1. The highest BCUT2D eigenvalue weighted by molar-refractivity contribution is 5.97. The molecule has 8 nitrogen and oxygen atoms in total. The number of hydrogen-bond donors (Lipinski definition) is 3. The molecule has 0 spiro atoms. The van der Waals surface area contributed by atoms with Gasteiger partial charge in [-0.05, 0) is 67.3 Å². The Kier molecular flexibility index (Phi) is 9.91. The molecule has 37 heavy (non-hydrogen) atoms. The Hall–Kier alpha value is -4.70. The van der Waals surface area contributed by atoms with E-state index >= 15 is 0 Å². The van der Waals surface area contributed by atoms with Gasteiger partial charge in [-0.1, -0.05) is 11.8 Å². The second-order valence-corrected chi connectivity index (χ2v) is 8.03.